The van der Waals surface area contributed by atoms with Gasteiger partial charge in [-0.2, -0.15) is 0 Å². The predicted molar refractivity (Wildman–Crippen MR) is 81.0 cm³/mol. The second-order valence-corrected chi connectivity index (χ2v) is 5.56. The van der Waals surface area contributed by atoms with Crippen molar-refractivity contribution >= 4 is 12.1 Å². The molecule has 0 aliphatic heterocycles. The lowest BCUT2D eigenvalue weighted by Crippen LogP contribution is -2.10. The minimum absolute atomic E-state index is 0.154. The van der Waals surface area contributed by atoms with E-state index in [1.54, 1.807) is 0 Å². The highest BCUT2D eigenvalue weighted by Crippen LogP contribution is 2.30. The van der Waals surface area contributed by atoms with Gasteiger partial charge in [0.2, 0.25) is 0 Å². The number of anilines is 1. The van der Waals surface area contributed by atoms with Crippen LogP contribution in [0.4, 0.5) is 5.82 Å². The van der Waals surface area contributed by atoms with E-state index in [-0.39, 0.29) is 5.92 Å². The Morgan fingerprint density at radius 3 is 2.70 bits per heavy atom. The lowest BCUT2D eigenvalue weighted by Gasteiger charge is -2.12. The molecule has 1 aromatic carbocycles. The highest BCUT2D eigenvalue weighted by atomic mass is 16.1. The van der Waals surface area contributed by atoms with E-state index in [1.165, 1.54) is 11.1 Å². The van der Waals surface area contributed by atoms with Gasteiger partial charge in [0.15, 0.2) is 0 Å². The summed E-state index contributed by atoms with van der Waals surface area (Å²) in [5.41, 5.74) is 4.69. The SMILES string of the molecule is CN(C)c1cccc(-c2ccc3c(c2)CC(C=O)C3)n1. The summed E-state index contributed by atoms with van der Waals surface area (Å²) >= 11 is 0. The van der Waals surface area contributed by atoms with Crippen molar-refractivity contribution in [2.24, 2.45) is 5.92 Å². The summed E-state index contributed by atoms with van der Waals surface area (Å²) < 4.78 is 0. The van der Waals surface area contributed by atoms with Crippen molar-refractivity contribution in [1.82, 2.24) is 4.98 Å². The van der Waals surface area contributed by atoms with Crippen LogP contribution in [0.5, 0.6) is 0 Å². The number of aromatic nitrogens is 1. The van der Waals surface area contributed by atoms with E-state index >= 15 is 0 Å². The van der Waals surface area contributed by atoms with E-state index in [0.29, 0.717) is 0 Å². The molecule has 0 radical (unpaired) electrons. The lowest BCUT2D eigenvalue weighted by molar-refractivity contribution is -0.110. The fourth-order valence-electron chi connectivity index (χ4n) is 2.74. The fourth-order valence-corrected chi connectivity index (χ4v) is 2.74. The molecule has 1 aliphatic carbocycles. The molecule has 0 saturated carbocycles. The molecule has 0 saturated heterocycles. The van der Waals surface area contributed by atoms with E-state index in [4.69, 9.17) is 0 Å². The Bertz CT molecular complexity index is 649. The van der Waals surface area contributed by atoms with E-state index in [9.17, 15) is 4.79 Å². The predicted octanol–water partition coefficient (Wildman–Crippen LogP) is 2.73. The molecular weight excluding hydrogens is 248 g/mol. The molecule has 1 atom stereocenters. The molecule has 3 rings (SSSR count). The smallest absolute Gasteiger partial charge is 0.128 e. The second kappa shape index (κ2) is 5.08. The Morgan fingerprint density at radius 2 is 1.95 bits per heavy atom. The van der Waals surface area contributed by atoms with Gasteiger partial charge in [0.1, 0.15) is 12.1 Å². The number of aldehydes is 1. The third-order valence-electron chi connectivity index (χ3n) is 3.85. The van der Waals surface area contributed by atoms with Crippen LogP contribution in [0.3, 0.4) is 0 Å². The minimum Gasteiger partial charge on any atom is -0.363 e. The zero-order valence-electron chi connectivity index (χ0n) is 11.8. The topological polar surface area (TPSA) is 33.2 Å². The summed E-state index contributed by atoms with van der Waals surface area (Å²) in [5.74, 6) is 1.11. The zero-order valence-corrected chi connectivity index (χ0v) is 11.8. The first kappa shape index (κ1) is 12.9. The van der Waals surface area contributed by atoms with Crippen molar-refractivity contribution in [1.29, 1.82) is 0 Å². The Hall–Kier alpha value is -2.16. The van der Waals surface area contributed by atoms with Crippen LogP contribution in [0.2, 0.25) is 0 Å². The van der Waals surface area contributed by atoms with Gasteiger partial charge >= 0.3 is 0 Å². The lowest BCUT2D eigenvalue weighted by atomic mass is 10.0. The molecule has 1 unspecified atom stereocenters. The number of nitrogens with zero attached hydrogens (tertiary/aromatic N) is 2. The summed E-state index contributed by atoms with van der Waals surface area (Å²) in [6.07, 6.45) is 2.81. The molecule has 1 heterocycles. The summed E-state index contributed by atoms with van der Waals surface area (Å²) in [6.45, 7) is 0. The van der Waals surface area contributed by atoms with E-state index in [0.717, 1.165) is 36.2 Å². The van der Waals surface area contributed by atoms with Gasteiger partial charge in [0, 0.05) is 25.6 Å². The van der Waals surface area contributed by atoms with Gasteiger partial charge in [-0.1, -0.05) is 18.2 Å². The Labute approximate surface area is 119 Å². The number of carbonyl (C=O) groups is 1. The van der Waals surface area contributed by atoms with Crippen molar-refractivity contribution in [3.63, 3.8) is 0 Å². The molecule has 0 bridgehead atoms. The molecule has 102 valence electrons. The molecule has 0 fully saturated rings. The van der Waals surface area contributed by atoms with Gasteiger partial charge in [-0.25, -0.2) is 4.98 Å². The maximum atomic E-state index is 10.9. The first-order valence-electron chi connectivity index (χ1n) is 6.89. The quantitative estimate of drug-likeness (QED) is 0.801. The van der Waals surface area contributed by atoms with Crippen molar-refractivity contribution in [3.8, 4) is 11.3 Å². The number of pyridine rings is 1. The molecular formula is C17H18N2O. The van der Waals surface area contributed by atoms with Gasteiger partial charge in [0.25, 0.3) is 0 Å². The van der Waals surface area contributed by atoms with Crippen LogP contribution in [-0.4, -0.2) is 25.4 Å². The van der Waals surface area contributed by atoms with Crippen molar-refractivity contribution in [2.45, 2.75) is 12.8 Å². The minimum atomic E-state index is 0.154. The Balaban J connectivity index is 1.96. The number of hydrogen-bond acceptors (Lipinski definition) is 3. The second-order valence-electron chi connectivity index (χ2n) is 5.56. The molecule has 1 aliphatic rings. The van der Waals surface area contributed by atoms with E-state index in [1.807, 2.05) is 37.2 Å². The molecule has 0 amide bonds. The Kier molecular flexibility index (Phi) is 3.26. The monoisotopic (exact) mass is 266 g/mol. The highest BCUT2D eigenvalue weighted by Gasteiger charge is 2.21. The molecule has 0 spiro atoms. The third kappa shape index (κ3) is 2.31. The summed E-state index contributed by atoms with van der Waals surface area (Å²) in [5, 5.41) is 0. The first-order chi connectivity index (χ1) is 9.67. The van der Waals surface area contributed by atoms with Gasteiger partial charge in [-0.05, 0) is 42.2 Å². The first-order valence-corrected chi connectivity index (χ1v) is 6.89. The zero-order chi connectivity index (χ0) is 14.1. The van der Waals surface area contributed by atoms with Gasteiger partial charge in [0.05, 0.1) is 5.69 Å². The number of carbonyl (C=O) groups excluding carboxylic acids is 1. The standard InChI is InChI=1S/C17H18N2O/c1-19(2)17-5-3-4-16(18-17)14-7-6-13-8-12(11-20)9-15(13)10-14/h3-7,10-12H,8-9H2,1-2H3. The normalized spacial score (nSPS) is 16.8. The Morgan fingerprint density at radius 1 is 1.15 bits per heavy atom. The third-order valence-corrected chi connectivity index (χ3v) is 3.85. The van der Waals surface area contributed by atoms with Crippen LogP contribution < -0.4 is 4.90 Å². The van der Waals surface area contributed by atoms with Crippen LogP contribution in [0.25, 0.3) is 11.3 Å². The summed E-state index contributed by atoms with van der Waals surface area (Å²) in [6, 6.07) is 12.5. The maximum absolute atomic E-state index is 10.9. The molecule has 3 nitrogen and oxygen atoms in total. The van der Waals surface area contributed by atoms with Crippen molar-refractivity contribution in [3.05, 3.63) is 47.5 Å². The van der Waals surface area contributed by atoms with Crippen molar-refractivity contribution < 1.29 is 4.79 Å². The highest BCUT2D eigenvalue weighted by molar-refractivity contribution is 5.65. The summed E-state index contributed by atoms with van der Waals surface area (Å²) in [7, 11) is 3.98. The van der Waals surface area contributed by atoms with Gasteiger partial charge < -0.3 is 9.69 Å². The largest absolute Gasteiger partial charge is 0.363 e. The number of benzene rings is 1. The molecule has 20 heavy (non-hydrogen) atoms. The fraction of sp³-hybridized carbons (Fsp3) is 0.294. The molecule has 3 heteroatoms. The van der Waals surface area contributed by atoms with Crippen LogP contribution in [0.1, 0.15) is 11.1 Å². The van der Waals surface area contributed by atoms with Gasteiger partial charge in [-0.3, -0.25) is 0 Å². The molecule has 0 N–H and O–H groups in total. The van der Waals surface area contributed by atoms with Crippen LogP contribution in [0.15, 0.2) is 36.4 Å². The average Bonchev–Trinajstić information content (AvgIpc) is 2.89. The van der Waals surface area contributed by atoms with E-state index in [2.05, 4.69) is 23.2 Å². The molecule has 1 aromatic heterocycles. The number of hydrogen-bond donors (Lipinski definition) is 0. The van der Waals surface area contributed by atoms with Gasteiger partial charge in [-0.15, -0.1) is 0 Å². The van der Waals surface area contributed by atoms with E-state index < -0.39 is 0 Å². The maximum Gasteiger partial charge on any atom is 0.128 e. The van der Waals surface area contributed by atoms with Crippen molar-refractivity contribution in [2.75, 3.05) is 19.0 Å². The molecule has 2 aromatic rings. The average molecular weight is 266 g/mol. The van der Waals surface area contributed by atoms with Crippen LogP contribution in [-0.2, 0) is 17.6 Å². The number of rotatable bonds is 3. The van der Waals surface area contributed by atoms with Crippen LogP contribution >= 0.6 is 0 Å². The van der Waals surface area contributed by atoms with Crippen LogP contribution in [0, 0.1) is 5.92 Å². The summed E-state index contributed by atoms with van der Waals surface area (Å²) in [4.78, 5) is 17.6. The number of fused-ring (bicyclic) bond motifs is 1.